The third-order valence-corrected chi connectivity index (χ3v) is 6.79. The molecule has 0 aromatic heterocycles. The van der Waals surface area contributed by atoms with E-state index in [0.717, 1.165) is 12.8 Å². The highest BCUT2D eigenvalue weighted by atomic mass is 16.5. The lowest BCUT2D eigenvalue weighted by atomic mass is 9.97. The normalized spacial score (nSPS) is 29.2. The van der Waals surface area contributed by atoms with Crippen LogP contribution in [0, 0.1) is 17.2 Å². The Hall–Kier alpha value is -2.67. The Morgan fingerprint density at radius 2 is 1.76 bits per heavy atom. The van der Waals surface area contributed by atoms with Crippen molar-refractivity contribution in [3.63, 3.8) is 0 Å². The summed E-state index contributed by atoms with van der Waals surface area (Å²) in [5, 5.41) is 9.60. The zero-order valence-electron chi connectivity index (χ0n) is 20.7. The van der Waals surface area contributed by atoms with Crippen LogP contribution in [0.15, 0.2) is 18.2 Å². The van der Waals surface area contributed by atoms with Gasteiger partial charge in [-0.25, -0.2) is 0 Å². The molecular weight excluding hydrogens is 438 g/mol. The summed E-state index contributed by atoms with van der Waals surface area (Å²) in [5.41, 5.74) is 0.609. The first kappa shape index (κ1) is 25.9. The summed E-state index contributed by atoms with van der Waals surface area (Å²) in [7, 11) is 6.61. The number of carbonyl (C=O) groups excluding carboxylic acids is 2. The topological polar surface area (TPSA) is 101 Å². The Balaban J connectivity index is 1.95. The molecule has 2 heterocycles. The molecule has 0 unspecified atom stereocenters. The maximum atomic E-state index is 13.3. The van der Waals surface area contributed by atoms with Crippen LogP contribution in [0.1, 0.15) is 42.1 Å². The van der Waals surface area contributed by atoms with Crippen molar-refractivity contribution in [1.82, 2.24) is 9.80 Å². The minimum Gasteiger partial charge on any atom is -0.491 e. The quantitative estimate of drug-likeness (QED) is 0.648. The molecule has 5 atom stereocenters. The van der Waals surface area contributed by atoms with Crippen molar-refractivity contribution in [3.05, 3.63) is 29.3 Å². The second-order valence-corrected chi connectivity index (χ2v) is 9.05. The summed E-state index contributed by atoms with van der Waals surface area (Å²) in [6.45, 7) is 2.70. The van der Waals surface area contributed by atoms with Crippen LogP contribution in [0.4, 0.5) is 0 Å². The van der Waals surface area contributed by atoms with Gasteiger partial charge >= 0.3 is 0 Å². The highest BCUT2D eigenvalue weighted by Gasteiger charge is 2.36. The number of nitrogens with zero attached hydrogens (tertiary/aromatic N) is 3. The molecule has 2 bridgehead atoms. The smallest absolute Gasteiger partial charge is 0.257 e. The molecule has 2 amide bonds. The first-order chi connectivity index (χ1) is 16.3. The zero-order valence-corrected chi connectivity index (χ0v) is 20.7. The Bertz CT molecular complexity index is 916. The fourth-order valence-corrected chi connectivity index (χ4v) is 4.68. The highest BCUT2D eigenvalue weighted by Crippen LogP contribution is 2.28. The molecule has 0 N–H and O–H groups in total. The SMILES string of the molecule is CO[C@@H]1CC[C@@H]2CCOc3c(C#N)cccc3C(=O)N(C)C[C@@H](OC)[C@@H](C)C(=O)N(C)C[C@@H]1O2. The number of likely N-dealkylation sites (N-methyl/N-ethyl adjacent to an activating group) is 2. The number of benzene rings is 1. The zero-order chi connectivity index (χ0) is 24.8. The summed E-state index contributed by atoms with van der Waals surface area (Å²) < 4.78 is 23.6. The maximum Gasteiger partial charge on any atom is 0.257 e. The van der Waals surface area contributed by atoms with Gasteiger partial charge in [-0.3, -0.25) is 9.59 Å². The van der Waals surface area contributed by atoms with Crippen molar-refractivity contribution in [1.29, 1.82) is 5.26 Å². The predicted molar refractivity (Wildman–Crippen MR) is 125 cm³/mol. The van der Waals surface area contributed by atoms with Crippen LogP contribution in [0.3, 0.4) is 0 Å². The summed E-state index contributed by atoms with van der Waals surface area (Å²) in [6, 6.07) is 7.07. The van der Waals surface area contributed by atoms with E-state index in [0.29, 0.717) is 30.7 Å². The van der Waals surface area contributed by atoms with E-state index in [1.807, 2.05) is 0 Å². The molecular formula is C25H35N3O6. The number of amides is 2. The number of carbonyl (C=O) groups is 2. The van der Waals surface area contributed by atoms with Crippen molar-refractivity contribution in [3.8, 4) is 11.8 Å². The molecule has 2 aliphatic heterocycles. The molecule has 3 rings (SSSR count). The fraction of sp³-hybridized carbons (Fsp3) is 0.640. The van der Waals surface area contributed by atoms with Crippen LogP contribution < -0.4 is 4.74 Å². The van der Waals surface area contributed by atoms with E-state index in [4.69, 9.17) is 18.9 Å². The molecule has 1 aromatic rings. The van der Waals surface area contributed by atoms with Gasteiger partial charge in [0, 0.05) is 47.8 Å². The number of ether oxygens (including phenoxy) is 4. The molecule has 9 heteroatoms. The molecule has 9 nitrogen and oxygen atoms in total. The lowest BCUT2D eigenvalue weighted by molar-refractivity contribution is -0.154. The van der Waals surface area contributed by atoms with Gasteiger partial charge in [0.15, 0.2) is 0 Å². The standard InChI is InChI=1S/C25H35N3O6/c1-16-21(32-5)14-28(3)25(30)19-8-6-7-17(13-26)23(19)33-12-11-18-9-10-20(31-4)22(34-18)15-27(2)24(16)29/h6-8,16,18,20-22H,9-12,14-15H2,1-5H3/t16-,18-,20-,21-,22+/m1/s1. The van der Waals surface area contributed by atoms with Gasteiger partial charge in [0.05, 0.1) is 42.0 Å². The number of methoxy groups -OCH3 is 2. The molecule has 1 fully saturated rings. The summed E-state index contributed by atoms with van der Waals surface area (Å²) in [4.78, 5) is 29.7. The minimum atomic E-state index is -0.515. The molecule has 186 valence electrons. The van der Waals surface area contributed by atoms with Gasteiger partial charge in [-0.05, 0) is 25.0 Å². The summed E-state index contributed by atoms with van der Waals surface area (Å²) in [5.74, 6) is -0.601. The number of para-hydroxylation sites is 1. The number of nitriles is 1. The Morgan fingerprint density at radius 3 is 2.44 bits per heavy atom. The monoisotopic (exact) mass is 473 g/mol. The van der Waals surface area contributed by atoms with E-state index in [-0.39, 0.29) is 42.4 Å². The van der Waals surface area contributed by atoms with E-state index < -0.39 is 12.0 Å². The van der Waals surface area contributed by atoms with Crippen LogP contribution in [-0.2, 0) is 19.0 Å². The van der Waals surface area contributed by atoms with Crippen LogP contribution in [-0.4, -0.2) is 94.0 Å². The van der Waals surface area contributed by atoms with E-state index in [1.165, 1.54) is 12.0 Å². The number of hydrogen-bond donors (Lipinski definition) is 0. The van der Waals surface area contributed by atoms with Crippen LogP contribution in [0.25, 0.3) is 0 Å². The average Bonchev–Trinajstić information content (AvgIpc) is 2.85. The Labute approximate surface area is 201 Å². The lowest BCUT2D eigenvalue weighted by Crippen LogP contribution is -2.50. The van der Waals surface area contributed by atoms with Crippen molar-refractivity contribution in [2.24, 2.45) is 5.92 Å². The van der Waals surface area contributed by atoms with Crippen molar-refractivity contribution in [2.75, 3.05) is 48.0 Å². The molecule has 0 spiro atoms. The van der Waals surface area contributed by atoms with Crippen molar-refractivity contribution >= 4 is 11.8 Å². The van der Waals surface area contributed by atoms with Crippen molar-refractivity contribution in [2.45, 2.75) is 50.6 Å². The minimum absolute atomic E-state index is 0.0759. The van der Waals surface area contributed by atoms with Crippen molar-refractivity contribution < 1.29 is 28.5 Å². The lowest BCUT2D eigenvalue weighted by Gasteiger charge is -2.38. The molecule has 1 saturated heterocycles. The fourth-order valence-electron chi connectivity index (χ4n) is 4.68. The van der Waals surface area contributed by atoms with Gasteiger partial charge in [-0.15, -0.1) is 0 Å². The molecule has 1 aromatic carbocycles. The summed E-state index contributed by atoms with van der Waals surface area (Å²) >= 11 is 0. The molecule has 0 radical (unpaired) electrons. The third-order valence-electron chi connectivity index (χ3n) is 6.79. The van der Waals surface area contributed by atoms with Gasteiger partial charge in [0.25, 0.3) is 5.91 Å². The van der Waals surface area contributed by atoms with Crippen LogP contribution >= 0.6 is 0 Å². The third kappa shape index (κ3) is 5.69. The first-order valence-corrected chi connectivity index (χ1v) is 11.7. The van der Waals surface area contributed by atoms with E-state index in [2.05, 4.69) is 6.07 Å². The Kier molecular flexibility index (Phi) is 8.89. The summed E-state index contributed by atoms with van der Waals surface area (Å²) in [6.07, 6.45) is 1.25. The predicted octanol–water partition coefficient (Wildman–Crippen LogP) is 2.08. The number of rotatable bonds is 2. The van der Waals surface area contributed by atoms with Gasteiger partial charge in [0.2, 0.25) is 5.91 Å². The van der Waals surface area contributed by atoms with E-state index in [9.17, 15) is 14.9 Å². The van der Waals surface area contributed by atoms with Gasteiger partial charge in [-0.2, -0.15) is 5.26 Å². The van der Waals surface area contributed by atoms with Gasteiger partial charge in [0.1, 0.15) is 17.9 Å². The molecule has 0 saturated carbocycles. The largest absolute Gasteiger partial charge is 0.491 e. The molecule has 0 aliphatic carbocycles. The maximum absolute atomic E-state index is 13.3. The van der Waals surface area contributed by atoms with E-state index in [1.54, 1.807) is 51.2 Å². The molecule has 2 aliphatic rings. The van der Waals surface area contributed by atoms with Crippen LogP contribution in [0.5, 0.6) is 5.75 Å². The second-order valence-electron chi connectivity index (χ2n) is 9.05. The van der Waals surface area contributed by atoms with Crippen LogP contribution in [0.2, 0.25) is 0 Å². The second kappa shape index (κ2) is 11.6. The average molecular weight is 474 g/mol. The number of hydrogen-bond acceptors (Lipinski definition) is 7. The van der Waals surface area contributed by atoms with Gasteiger partial charge < -0.3 is 28.7 Å². The van der Waals surface area contributed by atoms with E-state index >= 15 is 0 Å². The molecule has 34 heavy (non-hydrogen) atoms. The first-order valence-electron chi connectivity index (χ1n) is 11.7. The number of fused-ring (bicyclic) bond motifs is 3. The Morgan fingerprint density at radius 1 is 1.03 bits per heavy atom. The van der Waals surface area contributed by atoms with Gasteiger partial charge in [-0.1, -0.05) is 13.0 Å². The highest BCUT2D eigenvalue weighted by molar-refractivity contribution is 5.97.